The number of piperazine rings is 1. The molecule has 4 rings (SSSR count). The van der Waals surface area contributed by atoms with Gasteiger partial charge in [0.05, 0.1) is 6.26 Å². The minimum atomic E-state index is -0.117. The van der Waals surface area contributed by atoms with Crippen LogP contribution in [0.25, 0.3) is 0 Å². The van der Waals surface area contributed by atoms with Crippen LogP contribution >= 0.6 is 0 Å². The number of nitrogens with zero attached hydrogens (tertiary/aromatic N) is 5. The zero-order valence-electron chi connectivity index (χ0n) is 14.6. The third-order valence-electron chi connectivity index (χ3n) is 4.50. The normalized spacial score (nSPS) is 20.7. The van der Waals surface area contributed by atoms with Gasteiger partial charge in [0.2, 0.25) is 0 Å². The third kappa shape index (κ3) is 3.58. The molecule has 2 aliphatic rings. The molecule has 0 spiro atoms. The summed E-state index contributed by atoms with van der Waals surface area (Å²) in [7, 11) is 2.15. The predicted molar refractivity (Wildman–Crippen MR) is 95.9 cm³/mol. The molecule has 4 heterocycles. The summed E-state index contributed by atoms with van der Waals surface area (Å²) in [6.45, 7) is 5.94. The van der Waals surface area contributed by atoms with Crippen molar-refractivity contribution in [2.24, 2.45) is 0 Å². The van der Waals surface area contributed by atoms with Crippen LogP contribution in [-0.2, 0) is 4.74 Å². The van der Waals surface area contributed by atoms with E-state index in [1.165, 1.54) is 0 Å². The van der Waals surface area contributed by atoms with Crippen LogP contribution in [0.5, 0.6) is 0 Å². The Morgan fingerprint density at radius 1 is 1.16 bits per heavy atom. The number of H-pyrrole nitrogens is 1. The van der Waals surface area contributed by atoms with Gasteiger partial charge in [0.1, 0.15) is 11.6 Å². The molecular weight excluding hydrogens is 318 g/mol. The predicted octanol–water partition coefficient (Wildman–Crippen LogP) is 1.98. The molecule has 0 aromatic carbocycles. The van der Waals surface area contributed by atoms with Gasteiger partial charge >= 0.3 is 0 Å². The zero-order valence-corrected chi connectivity index (χ0v) is 14.6. The molecule has 1 unspecified atom stereocenters. The van der Waals surface area contributed by atoms with Gasteiger partial charge in [-0.15, -0.1) is 0 Å². The quantitative estimate of drug-likeness (QED) is 0.880. The van der Waals surface area contributed by atoms with Gasteiger partial charge in [0.25, 0.3) is 0 Å². The van der Waals surface area contributed by atoms with E-state index >= 15 is 0 Å². The fourth-order valence-electron chi connectivity index (χ4n) is 3.02. The minimum Gasteiger partial charge on any atom is -0.490 e. The van der Waals surface area contributed by atoms with E-state index in [2.05, 4.69) is 37.3 Å². The monoisotopic (exact) mass is 341 g/mol. The highest BCUT2D eigenvalue weighted by molar-refractivity contribution is 5.57. The van der Waals surface area contributed by atoms with Crippen molar-refractivity contribution in [3.8, 4) is 0 Å². The molecule has 8 heteroatoms. The Morgan fingerprint density at radius 2 is 2.00 bits per heavy atom. The summed E-state index contributed by atoms with van der Waals surface area (Å²) < 4.78 is 5.63. The minimum absolute atomic E-state index is 0.117. The second-order valence-corrected chi connectivity index (χ2v) is 6.55. The SMILES string of the molecule is Cc1cc(Nc2cc(N3CCN(C)CC3)nc(C3CC=CO3)n2)n[nH]1. The van der Waals surface area contributed by atoms with E-state index in [1.54, 1.807) is 6.26 Å². The van der Waals surface area contributed by atoms with Crippen molar-refractivity contribution in [1.29, 1.82) is 0 Å². The van der Waals surface area contributed by atoms with E-state index in [9.17, 15) is 0 Å². The highest BCUT2D eigenvalue weighted by Gasteiger charge is 2.22. The molecule has 1 fully saturated rings. The molecule has 0 aliphatic carbocycles. The van der Waals surface area contributed by atoms with Crippen LogP contribution in [0.15, 0.2) is 24.5 Å². The van der Waals surface area contributed by atoms with Gasteiger partial charge in [-0.1, -0.05) is 0 Å². The Bertz CT molecular complexity index is 756. The molecule has 0 saturated carbocycles. The largest absolute Gasteiger partial charge is 0.490 e. The Balaban J connectivity index is 1.62. The molecule has 0 bridgehead atoms. The Labute approximate surface area is 146 Å². The van der Waals surface area contributed by atoms with Crippen molar-refractivity contribution >= 4 is 17.5 Å². The molecule has 8 nitrogen and oxygen atoms in total. The van der Waals surface area contributed by atoms with Gasteiger partial charge in [-0.3, -0.25) is 5.10 Å². The maximum Gasteiger partial charge on any atom is 0.173 e. The summed E-state index contributed by atoms with van der Waals surface area (Å²) in [6.07, 6.45) is 4.41. The van der Waals surface area contributed by atoms with Crippen LogP contribution in [0.3, 0.4) is 0 Å². The average molecular weight is 341 g/mol. The Morgan fingerprint density at radius 3 is 2.68 bits per heavy atom. The standard InChI is InChI=1S/C17H23N7O/c1-12-10-15(22-21-12)18-14-11-16(24-7-5-23(2)6-8-24)20-17(19-14)13-4-3-9-25-13/h3,9-11,13H,4-8H2,1-2H3,(H2,18,19,20,21,22). The lowest BCUT2D eigenvalue weighted by Crippen LogP contribution is -2.45. The summed E-state index contributed by atoms with van der Waals surface area (Å²) in [6, 6.07) is 3.94. The van der Waals surface area contributed by atoms with Gasteiger partial charge in [-0.25, -0.2) is 9.97 Å². The van der Waals surface area contributed by atoms with Crippen molar-refractivity contribution in [3.63, 3.8) is 0 Å². The number of likely N-dealkylation sites (N-methyl/N-ethyl adjacent to an activating group) is 1. The molecule has 132 valence electrons. The van der Waals surface area contributed by atoms with Gasteiger partial charge < -0.3 is 19.9 Å². The van der Waals surface area contributed by atoms with E-state index in [-0.39, 0.29) is 6.10 Å². The van der Waals surface area contributed by atoms with Crippen molar-refractivity contribution in [3.05, 3.63) is 36.0 Å². The molecule has 2 N–H and O–H groups in total. The van der Waals surface area contributed by atoms with Crippen LogP contribution < -0.4 is 10.2 Å². The molecule has 2 aliphatic heterocycles. The summed E-state index contributed by atoms with van der Waals surface area (Å²) in [5, 5.41) is 10.4. The lowest BCUT2D eigenvalue weighted by Gasteiger charge is -2.33. The van der Waals surface area contributed by atoms with Crippen molar-refractivity contribution in [2.45, 2.75) is 19.4 Å². The molecule has 0 amide bonds. The number of hydrogen-bond acceptors (Lipinski definition) is 7. The number of ether oxygens (including phenoxy) is 1. The Hall–Kier alpha value is -2.61. The highest BCUT2D eigenvalue weighted by atomic mass is 16.5. The topological polar surface area (TPSA) is 82.2 Å². The highest BCUT2D eigenvalue weighted by Crippen LogP contribution is 2.28. The number of rotatable bonds is 4. The molecule has 25 heavy (non-hydrogen) atoms. The molecular formula is C17H23N7O. The van der Waals surface area contributed by atoms with E-state index < -0.39 is 0 Å². The number of nitrogens with one attached hydrogen (secondary N) is 2. The van der Waals surface area contributed by atoms with Gasteiger partial charge in [0.15, 0.2) is 17.7 Å². The lowest BCUT2D eigenvalue weighted by atomic mass is 10.2. The number of aromatic nitrogens is 4. The fraction of sp³-hybridized carbons (Fsp3) is 0.471. The zero-order chi connectivity index (χ0) is 17.2. The smallest absolute Gasteiger partial charge is 0.173 e. The first-order valence-corrected chi connectivity index (χ1v) is 8.59. The fourth-order valence-corrected chi connectivity index (χ4v) is 3.02. The van der Waals surface area contributed by atoms with E-state index in [1.807, 2.05) is 25.1 Å². The number of anilines is 3. The summed E-state index contributed by atoms with van der Waals surface area (Å²) in [5.41, 5.74) is 0.999. The Kier molecular flexibility index (Phi) is 4.27. The third-order valence-corrected chi connectivity index (χ3v) is 4.50. The van der Waals surface area contributed by atoms with Gasteiger partial charge in [-0.2, -0.15) is 5.10 Å². The maximum atomic E-state index is 5.63. The average Bonchev–Trinajstić information content (AvgIpc) is 3.27. The second-order valence-electron chi connectivity index (χ2n) is 6.55. The van der Waals surface area contributed by atoms with Crippen molar-refractivity contribution in [2.75, 3.05) is 43.4 Å². The number of hydrogen-bond donors (Lipinski definition) is 2. The van der Waals surface area contributed by atoms with Crippen LogP contribution in [0.4, 0.5) is 17.5 Å². The van der Waals surface area contributed by atoms with Crippen molar-refractivity contribution in [1.82, 2.24) is 25.1 Å². The van der Waals surface area contributed by atoms with Gasteiger partial charge in [-0.05, 0) is 20.0 Å². The first-order chi connectivity index (χ1) is 12.2. The lowest BCUT2D eigenvalue weighted by molar-refractivity contribution is 0.164. The van der Waals surface area contributed by atoms with E-state index in [0.29, 0.717) is 5.82 Å². The van der Waals surface area contributed by atoms with E-state index in [4.69, 9.17) is 9.72 Å². The second kappa shape index (κ2) is 6.72. The number of aryl methyl sites for hydroxylation is 1. The summed E-state index contributed by atoms with van der Waals surface area (Å²) in [4.78, 5) is 14.1. The first kappa shape index (κ1) is 15.9. The van der Waals surface area contributed by atoms with Crippen LogP contribution in [0, 0.1) is 6.92 Å². The van der Waals surface area contributed by atoms with Crippen LogP contribution in [0.1, 0.15) is 24.0 Å². The summed E-state index contributed by atoms with van der Waals surface area (Å²) in [5.74, 6) is 3.12. The van der Waals surface area contributed by atoms with E-state index in [0.717, 1.165) is 55.7 Å². The first-order valence-electron chi connectivity index (χ1n) is 8.59. The van der Waals surface area contributed by atoms with Crippen molar-refractivity contribution < 1.29 is 4.74 Å². The number of aromatic amines is 1. The molecule has 2 aromatic rings. The molecule has 1 atom stereocenters. The van der Waals surface area contributed by atoms with Crippen LogP contribution in [-0.4, -0.2) is 58.3 Å². The molecule has 0 radical (unpaired) electrons. The van der Waals surface area contributed by atoms with Gasteiger partial charge in [0, 0.05) is 50.4 Å². The maximum absolute atomic E-state index is 5.63. The molecule has 1 saturated heterocycles. The summed E-state index contributed by atoms with van der Waals surface area (Å²) >= 11 is 0. The molecule has 2 aromatic heterocycles. The van der Waals surface area contributed by atoms with Crippen LogP contribution in [0.2, 0.25) is 0 Å².